The van der Waals surface area contributed by atoms with Gasteiger partial charge in [-0.25, -0.2) is 4.79 Å². The number of aliphatic carboxylic acids is 1. The van der Waals surface area contributed by atoms with E-state index in [1.165, 1.54) is 6.92 Å². The van der Waals surface area contributed by atoms with Crippen LogP contribution in [0.15, 0.2) is 30.3 Å². The molecule has 1 heterocycles. The monoisotopic (exact) mass is 190 g/mol. The van der Waals surface area contributed by atoms with Gasteiger partial charge in [0, 0.05) is 5.56 Å². The fourth-order valence-corrected chi connectivity index (χ4v) is 1.34. The number of carboxylic acid groups (broad SMARTS) is 1. The van der Waals surface area contributed by atoms with Crippen molar-refractivity contribution in [2.24, 2.45) is 0 Å². The Bertz CT molecular complexity index is 409. The Balaban J connectivity index is 2.43. The number of benzene rings is 1. The number of hydrogen-bond acceptors (Lipinski definition) is 2. The molecule has 14 heavy (non-hydrogen) atoms. The first-order valence-electron chi connectivity index (χ1n) is 4.32. The quantitative estimate of drug-likeness (QED) is 0.736. The van der Waals surface area contributed by atoms with E-state index in [0.29, 0.717) is 5.75 Å². The zero-order valence-electron chi connectivity index (χ0n) is 7.73. The molecule has 0 unspecified atom stereocenters. The van der Waals surface area contributed by atoms with Gasteiger partial charge in [0.15, 0.2) is 0 Å². The molecule has 1 aromatic carbocycles. The van der Waals surface area contributed by atoms with Gasteiger partial charge < -0.3 is 9.84 Å². The molecule has 0 saturated carbocycles. The molecule has 1 aliphatic rings. The zero-order chi connectivity index (χ0) is 10.2. The van der Waals surface area contributed by atoms with E-state index in [9.17, 15) is 4.79 Å². The molecule has 0 amide bonds. The molecular formula is C11H10O3. The Hall–Kier alpha value is -1.77. The summed E-state index contributed by atoms with van der Waals surface area (Å²) in [5.41, 5.74) is -0.333. The van der Waals surface area contributed by atoms with Crippen molar-refractivity contribution in [1.82, 2.24) is 0 Å². The number of para-hydroxylation sites is 1. The maximum atomic E-state index is 10.9. The minimum Gasteiger partial charge on any atom is -0.478 e. The van der Waals surface area contributed by atoms with E-state index in [1.54, 1.807) is 18.2 Å². The average Bonchev–Trinajstić information content (AvgIpc) is 2.17. The second-order valence-corrected chi connectivity index (χ2v) is 3.39. The maximum Gasteiger partial charge on any atom is 0.351 e. The summed E-state index contributed by atoms with van der Waals surface area (Å²) in [4.78, 5) is 10.9. The minimum absolute atomic E-state index is 0.611. The van der Waals surface area contributed by atoms with Gasteiger partial charge in [-0.2, -0.15) is 0 Å². The van der Waals surface area contributed by atoms with Gasteiger partial charge in [0.2, 0.25) is 5.60 Å². The summed E-state index contributed by atoms with van der Waals surface area (Å²) in [5, 5.41) is 8.95. The number of rotatable bonds is 1. The highest BCUT2D eigenvalue weighted by Gasteiger charge is 2.35. The zero-order valence-corrected chi connectivity index (χ0v) is 7.73. The first kappa shape index (κ1) is 8.81. The number of fused-ring (bicyclic) bond motifs is 1. The molecule has 0 fully saturated rings. The molecule has 2 rings (SSSR count). The molecule has 0 aromatic heterocycles. The van der Waals surface area contributed by atoms with Gasteiger partial charge in [0.1, 0.15) is 5.75 Å². The van der Waals surface area contributed by atoms with Crippen molar-refractivity contribution in [1.29, 1.82) is 0 Å². The summed E-state index contributed by atoms with van der Waals surface area (Å²) in [5.74, 6) is -0.372. The molecule has 0 aliphatic carbocycles. The lowest BCUT2D eigenvalue weighted by Crippen LogP contribution is -2.40. The van der Waals surface area contributed by atoms with Crippen LogP contribution in [0.25, 0.3) is 6.08 Å². The molecule has 1 aliphatic heterocycles. The van der Waals surface area contributed by atoms with Crippen molar-refractivity contribution in [2.75, 3.05) is 0 Å². The molecule has 0 spiro atoms. The third-order valence-corrected chi connectivity index (χ3v) is 2.25. The Kier molecular flexibility index (Phi) is 1.81. The van der Waals surface area contributed by atoms with Crippen molar-refractivity contribution in [2.45, 2.75) is 12.5 Å². The molecule has 1 aromatic rings. The topological polar surface area (TPSA) is 46.5 Å². The van der Waals surface area contributed by atoms with Crippen molar-refractivity contribution < 1.29 is 14.6 Å². The highest BCUT2D eigenvalue weighted by atomic mass is 16.5. The third-order valence-electron chi connectivity index (χ3n) is 2.25. The normalized spacial score (nSPS) is 23.8. The smallest absolute Gasteiger partial charge is 0.351 e. The fraction of sp³-hybridized carbons (Fsp3) is 0.182. The van der Waals surface area contributed by atoms with E-state index >= 15 is 0 Å². The molecular weight excluding hydrogens is 180 g/mol. The summed E-state index contributed by atoms with van der Waals surface area (Å²) in [7, 11) is 0. The molecule has 72 valence electrons. The second kappa shape index (κ2) is 2.87. The predicted octanol–water partition coefficient (Wildman–Crippen LogP) is 1.94. The number of carbonyl (C=O) groups is 1. The summed E-state index contributed by atoms with van der Waals surface area (Å²) in [6, 6.07) is 7.35. The maximum absolute atomic E-state index is 10.9. The van der Waals surface area contributed by atoms with E-state index < -0.39 is 11.6 Å². The SMILES string of the molecule is C[C@]1(C(=O)O)C=Cc2ccccc2O1. The molecule has 3 nitrogen and oxygen atoms in total. The molecule has 1 N–H and O–H groups in total. The van der Waals surface area contributed by atoms with E-state index in [2.05, 4.69) is 0 Å². The van der Waals surface area contributed by atoms with Crippen LogP contribution in [0.5, 0.6) is 5.75 Å². The van der Waals surface area contributed by atoms with Crippen LogP contribution in [0.2, 0.25) is 0 Å². The molecule has 1 atom stereocenters. The lowest BCUT2D eigenvalue weighted by atomic mass is 10.0. The Morgan fingerprint density at radius 2 is 2.14 bits per heavy atom. The Morgan fingerprint density at radius 3 is 2.86 bits per heavy atom. The lowest BCUT2D eigenvalue weighted by Gasteiger charge is -2.27. The van der Waals surface area contributed by atoms with Gasteiger partial charge >= 0.3 is 5.97 Å². The summed E-state index contributed by atoms with van der Waals surface area (Å²) < 4.78 is 5.39. The summed E-state index contributed by atoms with van der Waals surface area (Å²) in [6.07, 6.45) is 3.32. The van der Waals surface area contributed by atoms with Crippen LogP contribution in [0.3, 0.4) is 0 Å². The van der Waals surface area contributed by atoms with Crippen molar-refractivity contribution in [3.05, 3.63) is 35.9 Å². The second-order valence-electron chi connectivity index (χ2n) is 3.39. The van der Waals surface area contributed by atoms with Crippen LogP contribution in [0, 0.1) is 0 Å². The molecule has 3 heteroatoms. The van der Waals surface area contributed by atoms with Gasteiger partial charge in [-0.05, 0) is 19.1 Å². The molecule has 0 bridgehead atoms. The van der Waals surface area contributed by atoms with Gasteiger partial charge in [-0.1, -0.05) is 24.3 Å². The van der Waals surface area contributed by atoms with Gasteiger partial charge in [-0.3, -0.25) is 0 Å². The number of carboxylic acids is 1. The average molecular weight is 190 g/mol. The standard InChI is InChI=1S/C11H10O3/c1-11(10(12)13)7-6-8-4-2-3-5-9(8)14-11/h2-7H,1H3,(H,12,13)/t11-/m1/s1. The molecule has 0 saturated heterocycles. The minimum atomic E-state index is -1.24. The van der Waals surface area contributed by atoms with Crippen molar-refractivity contribution in [3.8, 4) is 5.75 Å². The first-order chi connectivity index (χ1) is 6.62. The van der Waals surface area contributed by atoms with Crippen LogP contribution < -0.4 is 4.74 Å². The van der Waals surface area contributed by atoms with Gasteiger partial charge in [-0.15, -0.1) is 0 Å². The number of hydrogen-bond donors (Lipinski definition) is 1. The van der Waals surface area contributed by atoms with Crippen LogP contribution in [-0.2, 0) is 4.79 Å². The largest absolute Gasteiger partial charge is 0.478 e. The van der Waals surface area contributed by atoms with Gasteiger partial charge in [0.25, 0.3) is 0 Å². The highest BCUT2D eigenvalue weighted by molar-refractivity contribution is 5.83. The molecule has 0 radical (unpaired) electrons. The first-order valence-corrected chi connectivity index (χ1v) is 4.32. The lowest BCUT2D eigenvalue weighted by molar-refractivity contribution is -0.149. The van der Waals surface area contributed by atoms with Crippen LogP contribution >= 0.6 is 0 Å². The fourth-order valence-electron chi connectivity index (χ4n) is 1.34. The number of ether oxygens (including phenoxy) is 1. The van der Waals surface area contributed by atoms with Crippen LogP contribution in [-0.4, -0.2) is 16.7 Å². The Labute approximate surface area is 81.6 Å². The van der Waals surface area contributed by atoms with E-state index in [0.717, 1.165) is 5.56 Å². The summed E-state index contributed by atoms with van der Waals surface area (Å²) >= 11 is 0. The van der Waals surface area contributed by atoms with Gasteiger partial charge in [0.05, 0.1) is 0 Å². The van der Waals surface area contributed by atoms with E-state index in [1.807, 2.05) is 18.2 Å². The van der Waals surface area contributed by atoms with Crippen molar-refractivity contribution >= 4 is 12.0 Å². The Morgan fingerprint density at radius 1 is 1.43 bits per heavy atom. The van der Waals surface area contributed by atoms with E-state index in [-0.39, 0.29) is 0 Å². The third kappa shape index (κ3) is 1.27. The highest BCUT2D eigenvalue weighted by Crippen LogP contribution is 2.30. The predicted molar refractivity (Wildman–Crippen MR) is 52.1 cm³/mol. The van der Waals surface area contributed by atoms with Crippen LogP contribution in [0.4, 0.5) is 0 Å². The summed E-state index contributed by atoms with van der Waals surface area (Å²) in [6.45, 7) is 1.53. The van der Waals surface area contributed by atoms with E-state index in [4.69, 9.17) is 9.84 Å². The van der Waals surface area contributed by atoms with Crippen LogP contribution in [0.1, 0.15) is 12.5 Å². The van der Waals surface area contributed by atoms with Crippen molar-refractivity contribution in [3.63, 3.8) is 0 Å².